The maximum absolute atomic E-state index is 13.5. The number of halogens is 1. The molecular weight excluding hydrogens is 468 g/mol. The molecule has 0 fully saturated rings. The molecule has 0 saturated carbocycles. The van der Waals surface area contributed by atoms with Crippen LogP contribution in [0.5, 0.6) is 5.75 Å². The van der Waals surface area contributed by atoms with Gasteiger partial charge in [-0.2, -0.15) is 0 Å². The Kier molecular flexibility index (Phi) is 8.16. The van der Waals surface area contributed by atoms with Gasteiger partial charge in [-0.3, -0.25) is 9.69 Å². The minimum absolute atomic E-state index is 0.301. The van der Waals surface area contributed by atoms with Crippen molar-refractivity contribution in [1.29, 1.82) is 0 Å². The van der Waals surface area contributed by atoms with Crippen LogP contribution in [0.25, 0.3) is 0 Å². The number of benzene rings is 3. The number of amides is 1. The Morgan fingerprint density at radius 1 is 1.09 bits per heavy atom. The lowest BCUT2D eigenvalue weighted by Crippen LogP contribution is -2.44. The molecule has 1 aliphatic rings. The van der Waals surface area contributed by atoms with Gasteiger partial charge in [0.25, 0.3) is 5.91 Å². The average molecular weight is 497 g/mol. The zero-order valence-electron chi connectivity index (χ0n) is 19.4. The van der Waals surface area contributed by atoms with E-state index >= 15 is 0 Å². The second kappa shape index (κ2) is 11.3. The standard InChI is InChI=1S/C27H29ClN2O3S/c1-3-29(18-19-7-5-4-6-8-19)15-16-30-23-14-11-21(28)17-24(23)34-26(25(31)27(30)32)20-9-12-22(33-2)13-10-20/h4-14,17,25-26,31H,3,15-16,18H2,1-2H3. The number of ether oxygens (including phenoxy) is 1. The zero-order valence-corrected chi connectivity index (χ0v) is 20.9. The van der Waals surface area contributed by atoms with E-state index in [0.29, 0.717) is 18.1 Å². The summed E-state index contributed by atoms with van der Waals surface area (Å²) in [6.45, 7) is 4.94. The second-order valence-corrected chi connectivity index (χ2v) is 9.83. The van der Waals surface area contributed by atoms with Gasteiger partial charge in [0, 0.05) is 29.6 Å². The number of carbonyl (C=O) groups is 1. The molecular formula is C27H29ClN2O3S. The van der Waals surface area contributed by atoms with Gasteiger partial charge in [0.1, 0.15) is 11.9 Å². The van der Waals surface area contributed by atoms with Gasteiger partial charge in [-0.1, -0.05) is 61.0 Å². The van der Waals surface area contributed by atoms with E-state index in [4.69, 9.17) is 16.3 Å². The first-order valence-electron chi connectivity index (χ1n) is 11.4. The second-order valence-electron chi connectivity index (χ2n) is 8.21. The minimum Gasteiger partial charge on any atom is -0.497 e. The van der Waals surface area contributed by atoms with Crippen LogP contribution in [-0.2, 0) is 11.3 Å². The van der Waals surface area contributed by atoms with Crippen molar-refractivity contribution in [3.63, 3.8) is 0 Å². The van der Waals surface area contributed by atoms with Crippen molar-refractivity contribution in [2.24, 2.45) is 0 Å². The molecule has 2 unspecified atom stereocenters. The number of thioether (sulfide) groups is 1. The lowest BCUT2D eigenvalue weighted by molar-refractivity contribution is -0.126. The summed E-state index contributed by atoms with van der Waals surface area (Å²) in [6, 6.07) is 23.3. The van der Waals surface area contributed by atoms with Gasteiger partial charge in [0.15, 0.2) is 0 Å². The lowest BCUT2D eigenvalue weighted by Gasteiger charge is -2.28. The van der Waals surface area contributed by atoms with Crippen molar-refractivity contribution in [3.8, 4) is 5.75 Å². The molecule has 0 aromatic heterocycles. The molecule has 1 amide bonds. The molecule has 0 saturated heterocycles. The van der Waals surface area contributed by atoms with Gasteiger partial charge >= 0.3 is 0 Å². The van der Waals surface area contributed by atoms with Crippen LogP contribution in [0.4, 0.5) is 5.69 Å². The van der Waals surface area contributed by atoms with Crippen molar-refractivity contribution in [3.05, 3.63) is 88.9 Å². The van der Waals surface area contributed by atoms with E-state index in [9.17, 15) is 9.90 Å². The number of methoxy groups -OCH3 is 1. The Morgan fingerprint density at radius 3 is 2.50 bits per heavy atom. The SMILES string of the molecule is CCN(CCN1C(=O)C(O)C(c2ccc(OC)cc2)Sc2cc(Cl)ccc21)Cc1ccccc1. The predicted molar refractivity (Wildman–Crippen MR) is 139 cm³/mol. The van der Waals surface area contributed by atoms with Crippen LogP contribution in [0, 0.1) is 0 Å². The maximum atomic E-state index is 13.5. The van der Waals surface area contributed by atoms with Crippen molar-refractivity contribution in [2.45, 2.75) is 29.7 Å². The first-order chi connectivity index (χ1) is 16.5. The largest absolute Gasteiger partial charge is 0.497 e. The fraction of sp³-hybridized carbons (Fsp3) is 0.296. The molecule has 178 valence electrons. The quantitative estimate of drug-likeness (QED) is 0.452. The zero-order chi connectivity index (χ0) is 24.1. The first-order valence-corrected chi connectivity index (χ1v) is 12.6. The van der Waals surface area contributed by atoms with E-state index in [0.717, 1.165) is 35.0 Å². The third-order valence-electron chi connectivity index (χ3n) is 6.05. The van der Waals surface area contributed by atoms with Crippen LogP contribution in [0.1, 0.15) is 23.3 Å². The van der Waals surface area contributed by atoms with Crippen molar-refractivity contribution in [1.82, 2.24) is 4.90 Å². The van der Waals surface area contributed by atoms with Gasteiger partial charge in [-0.05, 0) is 48.0 Å². The number of rotatable bonds is 8. The topological polar surface area (TPSA) is 53.0 Å². The highest BCUT2D eigenvalue weighted by atomic mass is 35.5. The summed E-state index contributed by atoms with van der Waals surface area (Å²) in [6.07, 6.45) is -1.19. The Bertz CT molecular complexity index is 1110. The summed E-state index contributed by atoms with van der Waals surface area (Å²) in [4.78, 5) is 18.4. The van der Waals surface area contributed by atoms with Gasteiger partial charge in [-0.15, -0.1) is 11.8 Å². The number of hydrogen-bond acceptors (Lipinski definition) is 5. The van der Waals surface area contributed by atoms with Gasteiger partial charge in [0.05, 0.1) is 18.0 Å². The summed E-state index contributed by atoms with van der Waals surface area (Å²) in [5, 5.41) is 11.3. The molecule has 1 heterocycles. The number of carbonyl (C=O) groups excluding carboxylic acids is 1. The summed E-state index contributed by atoms with van der Waals surface area (Å²) in [5.41, 5.74) is 2.87. The summed E-state index contributed by atoms with van der Waals surface area (Å²) >= 11 is 7.79. The third-order valence-corrected chi connectivity index (χ3v) is 7.65. The molecule has 3 aromatic rings. The number of nitrogens with zero attached hydrogens (tertiary/aromatic N) is 2. The van der Waals surface area contributed by atoms with Crippen molar-refractivity contribution in [2.75, 3.05) is 31.6 Å². The van der Waals surface area contributed by atoms with Crippen LogP contribution in [0.2, 0.25) is 5.02 Å². The fourth-order valence-electron chi connectivity index (χ4n) is 4.12. The van der Waals surface area contributed by atoms with E-state index in [1.165, 1.54) is 17.3 Å². The molecule has 34 heavy (non-hydrogen) atoms. The van der Waals surface area contributed by atoms with Crippen LogP contribution in [0.3, 0.4) is 0 Å². The Hall–Kier alpha value is -2.51. The molecule has 5 nitrogen and oxygen atoms in total. The third kappa shape index (κ3) is 5.58. The fourth-order valence-corrected chi connectivity index (χ4v) is 5.66. The first kappa shape index (κ1) is 24.6. The van der Waals surface area contributed by atoms with E-state index in [2.05, 4.69) is 24.0 Å². The average Bonchev–Trinajstić information content (AvgIpc) is 2.96. The minimum atomic E-state index is -1.19. The van der Waals surface area contributed by atoms with E-state index in [-0.39, 0.29) is 5.91 Å². The van der Waals surface area contributed by atoms with Crippen molar-refractivity contribution < 1.29 is 14.6 Å². The molecule has 1 N–H and O–H groups in total. The van der Waals surface area contributed by atoms with E-state index in [1.807, 2.05) is 54.6 Å². The van der Waals surface area contributed by atoms with Gasteiger partial charge in [0.2, 0.25) is 0 Å². The number of hydrogen-bond donors (Lipinski definition) is 1. The summed E-state index contributed by atoms with van der Waals surface area (Å²) < 4.78 is 5.26. The Morgan fingerprint density at radius 2 is 1.82 bits per heavy atom. The molecule has 0 spiro atoms. The number of anilines is 1. The summed E-state index contributed by atoms with van der Waals surface area (Å²) in [5.74, 6) is 0.427. The Balaban J connectivity index is 1.59. The molecule has 0 radical (unpaired) electrons. The molecule has 4 rings (SSSR count). The van der Waals surface area contributed by atoms with Crippen molar-refractivity contribution >= 4 is 35.0 Å². The Labute approximate surface area is 210 Å². The molecule has 0 aliphatic carbocycles. The van der Waals surface area contributed by atoms with E-state index in [1.54, 1.807) is 18.1 Å². The molecule has 3 aromatic carbocycles. The molecule has 1 aliphatic heterocycles. The number of fused-ring (bicyclic) bond motifs is 1. The monoisotopic (exact) mass is 496 g/mol. The van der Waals surface area contributed by atoms with Crippen LogP contribution in [-0.4, -0.2) is 48.8 Å². The number of likely N-dealkylation sites (N-methyl/N-ethyl adjacent to an activating group) is 1. The molecule has 2 atom stereocenters. The highest BCUT2D eigenvalue weighted by molar-refractivity contribution is 7.99. The summed E-state index contributed by atoms with van der Waals surface area (Å²) in [7, 11) is 1.61. The predicted octanol–water partition coefficient (Wildman–Crippen LogP) is 5.41. The number of aliphatic hydroxyl groups excluding tert-OH is 1. The van der Waals surface area contributed by atoms with Crippen LogP contribution >= 0.6 is 23.4 Å². The normalized spacial score (nSPS) is 18.0. The smallest absolute Gasteiger partial charge is 0.257 e. The highest BCUT2D eigenvalue weighted by Gasteiger charge is 2.37. The maximum Gasteiger partial charge on any atom is 0.257 e. The molecule has 0 bridgehead atoms. The highest BCUT2D eigenvalue weighted by Crippen LogP contribution is 2.46. The van der Waals surface area contributed by atoms with E-state index < -0.39 is 11.4 Å². The number of aliphatic hydroxyl groups is 1. The van der Waals surface area contributed by atoms with Crippen LogP contribution < -0.4 is 9.64 Å². The van der Waals surface area contributed by atoms with Crippen LogP contribution in [0.15, 0.2) is 77.7 Å². The van der Waals surface area contributed by atoms with Gasteiger partial charge < -0.3 is 14.7 Å². The molecule has 7 heteroatoms. The van der Waals surface area contributed by atoms with Gasteiger partial charge in [-0.25, -0.2) is 0 Å². The lowest BCUT2D eigenvalue weighted by atomic mass is 10.1.